The first kappa shape index (κ1) is 30.2. The number of furan rings is 1. The molecule has 1 spiro atoms. The van der Waals surface area contributed by atoms with Crippen molar-refractivity contribution in [1.82, 2.24) is 9.97 Å². The van der Waals surface area contributed by atoms with Gasteiger partial charge in [-0.05, 0) is 69.3 Å². The van der Waals surface area contributed by atoms with Crippen LogP contribution in [0.2, 0.25) is 0 Å². The van der Waals surface area contributed by atoms with Gasteiger partial charge in [0.1, 0.15) is 5.58 Å². The Morgan fingerprint density at radius 1 is 0.434 bits per heavy atom. The molecule has 3 heterocycles. The zero-order chi connectivity index (χ0) is 34.9. The summed E-state index contributed by atoms with van der Waals surface area (Å²) in [6.45, 7) is 0. The lowest BCUT2D eigenvalue weighted by atomic mass is 9.67. The van der Waals surface area contributed by atoms with Gasteiger partial charge in [0.05, 0.1) is 23.1 Å². The van der Waals surface area contributed by atoms with Crippen molar-refractivity contribution in [3.05, 3.63) is 204 Å². The molecule has 1 atom stereocenters. The third kappa shape index (κ3) is 4.56. The SMILES string of the molecule is c1ccc(-c2ccc(-c3cc(-c4ccccc4)nc(-c4ccc5c(c4)C4(c6ccccc6S5)c5ccccc5-c5c4ccc4ccoc54)n3)cc2)cc1. The van der Waals surface area contributed by atoms with Crippen LogP contribution in [0.3, 0.4) is 0 Å². The Kier molecular flexibility index (Phi) is 6.70. The lowest BCUT2D eigenvalue weighted by Gasteiger charge is -2.39. The molecule has 1 aliphatic heterocycles. The third-order valence-corrected chi connectivity index (χ3v) is 12.0. The van der Waals surface area contributed by atoms with E-state index in [1.165, 1.54) is 54.3 Å². The highest BCUT2D eigenvalue weighted by Crippen LogP contribution is 2.63. The molecule has 1 aliphatic carbocycles. The summed E-state index contributed by atoms with van der Waals surface area (Å²) < 4.78 is 6.24. The number of hydrogen-bond donors (Lipinski definition) is 0. The van der Waals surface area contributed by atoms with Crippen LogP contribution in [-0.4, -0.2) is 9.97 Å². The molecule has 53 heavy (non-hydrogen) atoms. The fourth-order valence-corrected chi connectivity index (χ4v) is 9.66. The summed E-state index contributed by atoms with van der Waals surface area (Å²) in [4.78, 5) is 13.1. The normalized spacial score (nSPS) is 15.2. The Hall–Kier alpha value is -6.49. The first-order valence-electron chi connectivity index (χ1n) is 17.9. The molecule has 0 saturated heterocycles. The molecule has 0 radical (unpaired) electrons. The second kappa shape index (κ2) is 11.8. The van der Waals surface area contributed by atoms with E-state index in [1.54, 1.807) is 6.26 Å². The Morgan fingerprint density at radius 3 is 1.83 bits per heavy atom. The molecule has 4 heteroatoms. The van der Waals surface area contributed by atoms with Crippen LogP contribution in [0.25, 0.3) is 67.1 Å². The van der Waals surface area contributed by atoms with E-state index < -0.39 is 5.41 Å². The van der Waals surface area contributed by atoms with Crippen LogP contribution < -0.4 is 0 Å². The van der Waals surface area contributed by atoms with E-state index in [2.05, 4.69) is 164 Å². The second-order valence-electron chi connectivity index (χ2n) is 13.7. The summed E-state index contributed by atoms with van der Waals surface area (Å²) in [5, 5.41) is 1.11. The highest BCUT2D eigenvalue weighted by molar-refractivity contribution is 7.99. The highest BCUT2D eigenvalue weighted by atomic mass is 32.2. The number of fused-ring (bicyclic) bond motifs is 11. The van der Waals surface area contributed by atoms with Gasteiger partial charge in [0, 0.05) is 37.4 Å². The predicted molar refractivity (Wildman–Crippen MR) is 215 cm³/mol. The molecule has 7 aromatic carbocycles. The maximum Gasteiger partial charge on any atom is 0.160 e. The lowest BCUT2D eigenvalue weighted by molar-refractivity contribution is 0.616. The summed E-state index contributed by atoms with van der Waals surface area (Å²) in [6.07, 6.45) is 1.80. The molecule has 11 rings (SSSR count). The first-order valence-corrected chi connectivity index (χ1v) is 18.7. The van der Waals surface area contributed by atoms with Crippen LogP contribution in [0, 0.1) is 0 Å². The van der Waals surface area contributed by atoms with Gasteiger partial charge in [0.2, 0.25) is 0 Å². The van der Waals surface area contributed by atoms with E-state index in [0.717, 1.165) is 39.0 Å². The fraction of sp³-hybridized carbons (Fsp3) is 0.0204. The minimum Gasteiger partial charge on any atom is -0.464 e. The minimum absolute atomic E-state index is 0.548. The zero-order valence-corrected chi connectivity index (χ0v) is 29.3. The zero-order valence-electron chi connectivity index (χ0n) is 28.5. The van der Waals surface area contributed by atoms with Gasteiger partial charge in [0.15, 0.2) is 5.82 Å². The number of nitrogens with zero attached hydrogens (tertiary/aromatic N) is 2. The Morgan fingerprint density at radius 2 is 1.04 bits per heavy atom. The standard InChI is InChI=1S/C49H30N2OS/c1-3-11-31(12-4-1)32-19-21-34(22-20-32)43-30-42(33-13-5-2-6-14-33)50-48(51-43)36-24-26-45-41(29-36)49(39-17-9-10-18-44(39)53-45)38-16-8-7-15-37(38)46-40(49)25-23-35-27-28-52-47(35)46/h1-30H. The van der Waals surface area contributed by atoms with Crippen LogP contribution >= 0.6 is 11.8 Å². The Balaban J connectivity index is 1.14. The Bertz CT molecular complexity index is 2860. The van der Waals surface area contributed by atoms with Gasteiger partial charge < -0.3 is 4.42 Å². The molecule has 0 amide bonds. The maximum absolute atomic E-state index is 6.24. The number of benzene rings is 7. The van der Waals surface area contributed by atoms with E-state index in [1.807, 2.05) is 23.9 Å². The average molecular weight is 695 g/mol. The summed E-state index contributed by atoms with van der Waals surface area (Å²) in [7, 11) is 0. The minimum atomic E-state index is -0.548. The summed E-state index contributed by atoms with van der Waals surface area (Å²) in [6, 6.07) is 62.8. The molecule has 0 fully saturated rings. The predicted octanol–water partition coefficient (Wildman–Crippen LogP) is 12.7. The first-order chi connectivity index (χ1) is 26.3. The van der Waals surface area contributed by atoms with Crippen molar-refractivity contribution in [2.75, 3.05) is 0 Å². The van der Waals surface area contributed by atoms with Crippen molar-refractivity contribution in [3.8, 4) is 56.2 Å². The second-order valence-corrected chi connectivity index (χ2v) is 14.8. The van der Waals surface area contributed by atoms with Crippen molar-refractivity contribution in [2.24, 2.45) is 0 Å². The smallest absolute Gasteiger partial charge is 0.160 e. The van der Waals surface area contributed by atoms with Gasteiger partial charge in [-0.3, -0.25) is 0 Å². The van der Waals surface area contributed by atoms with Crippen LogP contribution in [0.4, 0.5) is 0 Å². The molecule has 2 aromatic heterocycles. The Labute approximate surface area is 311 Å². The summed E-state index contributed by atoms with van der Waals surface area (Å²) >= 11 is 1.84. The van der Waals surface area contributed by atoms with Crippen molar-refractivity contribution >= 4 is 22.7 Å². The number of rotatable bonds is 4. The lowest BCUT2D eigenvalue weighted by Crippen LogP contribution is -2.32. The van der Waals surface area contributed by atoms with Crippen molar-refractivity contribution in [2.45, 2.75) is 15.2 Å². The third-order valence-electron chi connectivity index (χ3n) is 10.9. The average Bonchev–Trinajstić information content (AvgIpc) is 3.83. The number of hydrogen-bond acceptors (Lipinski definition) is 4. The molecule has 2 aliphatic rings. The topological polar surface area (TPSA) is 38.9 Å². The van der Waals surface area contributed by atoms with Gasteiger partial charge in [-0.15, -0.1) is 0 Å². The van der Waals surface area contributed by atoms with E-state index in [9.17, 15) is 0 Å². The van der Waals surface area contributed by atoms with Gasteiger partial charge in [-0.2, -0.15) is 0 Å². The molecule has 9 aromatic rings. The van der Waals surface area contributed by atoms with Gasteiger partial charge in [0.25, 0.3) is 0 Å². The van der Waals surface area contributed by atoms with E-state index in [-0.39, 0.29) is 0 Å². The molecular formula is C49H30N2OS. The van der Waals surface area contributed by atoms with Gasteiger partial charge in [-0.25, -0.2) is 9.97 Å². The maximum atomic E-state index is 6.24. The van der Waals surface area contributed by atoms with Crippen LogP contribution in [0.5, 0.6) is 0 Å². The summed E-state index contributed by atoms with van der Waals surface area (Å²) in [5.74, 6) is 0.697. The molecule has 3 nitrogen and oxygen atoms in total. The van der Waals surface area contributed by atoms with E-state index >= 15 is 0 Å². The molecular weight excluding hydrogens is 665 g/mol. The van der Waals surface area contributed by atoms with Crippen LogP contribution in [-0.2, 0) is 5.41 Å². The van der Waals surface area contributed by atoms with E-state index in [0.29, 0.717) is 5.82 Å². The molecule has 0 saturated carbocycles. The molecule has 248 valence electrons. The van der Waals surface area contributed by atoms with Crippen molar-refractivity contribution in [3.63, 3.8) is 0 Å². The van der Waals surface area contributed by atoms with Crippen molar-refractivity contribution in [1.29, 1.82) is 0 Å². The molecule has 0 bridgehead atoms. The van der Waals surface area contributed by atoms with Crippen LogP contribution in [0.15, 0.2) is 196 Å². The quantitative estimate of drug-likeness (QED) is 0.184. The number of aromatic nitrogens is 2. The monoisotopic (exact) mass is 694 g/mol. The van der Waals surface area contributed by atoms with E-state index in [4.69, 9.17) is 14.4 Å². The van der Waals surface area contributed by atoms with Gasteiger partial charge in [-0.1, -0.05) is 157 Å². The highest BCUT2D eigenvalue weighted by Gasteiger charge is 2.51. The summed E-state index contributed by atoms with van der Waals surface area (Å²) in [5.41, 5.74) is 15.0. The largest absolute Gasteiger partial charge is 0.464 e. The molecule has 1 unspecified atom stereocenters. The van der Waals surface area contributed by atoms with Crippen molar-refractivity contribution < 1.29 is 4.42 Å². The van der Waals surface area contributed by atoms with Gasteiger partial charge >= 0.3 is 0 Å². The fourth-order valence-electron chi connectivity index (χ4n) is 8.49. The molecule has 0 N–H and O–H groups in total. The van der Waals surface area contributed by atoms with Crippen LogP contribution in [0.1, 0.15) is 22.3 Å².